The van der Waals surface area contributed by atoms with E-state index in [0.717, 1.165) is 5.69 Å². The summed E-state index contributed by atoms with van der Waals surface area (Å²) in [5, 5.41) is 21.4. The molecule has 0 spiro atoms. The third-order valence-corrected chi connectivity index (χ3v) is 7.49. The lowest BCUT2D eigenvalue weighted by molar-refractivity contribution is 0.0719. The first kappa shape index (κ1) is 21.0. The quantitative estimate of drug-likeness (QED) is 0.440. The van der Waals surface area contributed by atoms with Crippen molar-refractivity contribution in [1.82, 2.24) is 33.7 Å². The van der Waals surface area contributed by atoms with Crippen molar-refractivity contribution in [2.75, 3.05) is 24.2 Å². The topological polar surface area (TPSA) is 134 Å². The van der Waals surface area contributed by atoms with Crippen LogP contribution in [0.4, 0.5) is 11.6 Å². The Kier molecular flexibility index (Phi) is 5.07. The van der Waals surface area contributed by atoms with Crippen LogP contribution in [0.15, 0.2) is 55.0 Å². The molecule has 1 aliphatic rings. The maximum absolute atomic E-state index is 12.2. The summed E-state index contributed by atoms with van der Waals surface area (Å²) in [6.45, 7) is 2.02. The van der Waals surface area contributed by atoms with E-state index >= 15 is 0 Å². The van der Waals surface area contributed by atoms with Crippen molar-refractivity contribution < 1.29 is 8.42 Å². The largest absolute Gasteiger partial charge is 0.324 e. The monoisotopic (exact) mass is 463 g/mol. The Hall–Kier alpha value is -3.82. The average Bonchev–Trinajstić information content (AvgIpc) is 3.46. The lowest BCUT2D eigenvalue weighted by Gasteiger charge is -2.47. The van der Waals surface area contributed by atoms with Crippen LogP contribution in [0.5, 0.6) is 0 Å². The molecule has 11 nitrogen and oxygen atoms in total. The summed E-state index contributed by atoms with van der Waals surface area (Å²) in [6, 6.07) is 13.5. The van der Waals surface area contributed by atoms with Gasteiger partial charge in [0.2, 0.25) is 16.0 Å². The van der Waals surface area contributed by atoms with Crippen LogP contribution in [-0.2, 0) is 15.6 Å². The van der Waals surface area contributed by atoms with Gasteiger partial charge in [0.15, 0.2) is 11.5 Å². The normalized spacial score (nSPS) is 15.8. The van der Waals surface area contributed by atoms with Crippen molar-refractivity contribution in [3.8, 4) is 17.5 Å². The highest BCUT2D eigenvalue weighted by Gasteiger charge is 2.49. The zero-order chi connectivity index (χ0) is 23.1. The molecule has 1 N–H and O–H groups in total. The van der Waals surface area contributed by atoms with Crippen LogP contribution < -0.4 is 5.32 Å². The molecule has 1 saturated heterocycles. The number of sulfonamides is 1. The number of hydrogen-bond donors (Lipinski definition) is 1. The van der Waals surface area contributed by atoms with Gasteiger partial charge in [-0.15, -0.1) is 0 Å². The minimum absolute atomic E-state index is 0.0232. The molecule has 4 aromatic rings. The Balaban J connectivity index is 1.50. The fourth-order valence-corrected chi connectivity index (χ4v) is 5.13. The van der Waals surface area contributed by atoms with E-state index in [1.807, 2.05) is 30.3 Å². The van der Waals surface area contributed by atoms with Crippen molar-refractivity contribution in [3.05, 3.63) is 55.0 Å². The summed E-state index contributed by atoms with van der Waals surface area (Å²) in [7, 11) is -3.32. The highest BCUT2D eigenvalue weighted by atomic mass is 32.2. The molecule has 0 atom stereocenters. The molecule has 1 aliphatic heterocycles. The number of aromatic nitrogens is 6. The van der Waals surface area contributed by atoms with Crippen molar-refractivity contribution in [1.29, 1.82) is 5.26 Å². The van der Waals surface area contributed by atoms with Gasteiger partial charge in [-0.1, -0.05) is 18.2 Å². The molecule has 0 radical (unpaired) electrons. The van der Waals surface area contributed by atoms with E-state index in [1.54, 1.807) is 40.8 Å². The maximum atomic E-state index is 12.2. The zero-order valence-electron chi connectivity index (χ0n) is 17.8. The van der Waals surface area contributed by atoms with Crippen molar-refractivity contribution in [3.63, 3.8) is 0 Å². The van der Waals surface area contributed by atoms with E-state index in [4.69, 9.17) is 0 Å². The minimum Gasteiger partial charge on any atom is -0.324 e. The van der Waals surface area contributed by atoms with E-state index in [-0.39, 0.29) is 25.3 Å². The molecule has 0 amide bonds. The van der Waals surface area contributed by atoms with Gasteiger partial charge in [0, 0.05) is 31.0 Å². The van der Waals surface area contributed by atoms with Crippen LogP contribution in [0, 0.1) is 11.3 Å². The Morgan fingerprint density at radius 3 is 2.67 bits per heavy atom. The van der Waals surface area contributed by atoms with E-state index in [0.29, 0.717) is 23.0 Å². The van der Waals surface area contributed by atoms with E-state index < -0.39 is 15.6 Å². The number of benzene rings is 1. The van der Waals surface area contributed by atoms with Crippen LogP contribution in [0.25, 0.3) is 17.0 Å². The molecule has 1 aromatic carbocycles. The molecular weight excluding hydrogens is 442 g/mol. The molecule has 0 saturated carbocycles. The zero-order valence-corrected chi connectivity index (χ0v) is 18.6. The molecule has 4 heterocycles. The van der Waals surface area contributed by atoms with Crippen LogP contribution in [0.1, 0.15) is 13.3 Å². The van der Waals surface area contributed by atoms with Gasteiger partial charge in [-0.05, 0) is 19.1 Å². The summed E-state index contributed by atoms with van der Waals surface area (Å²) in [4.78, 5) is 9.15. The Morgan fingerprint density at radius 1 is 1.15 bits per heavy atom. The Bertz CT molecular complexity index is 1450. The molecule has 3 aromatic heterocycles. The fraction of sp³-hybridized carbons (Fsp3) is 0.286. The molecule has 12 heteroatoms. The first-order chi connectivity index (χ1) is 15.9. The average molecular weight is 464 g/mol. The summed E-state index contributed by atoms with van der Waals surface area (Å²) < 4.78 is 29.1. The van der Waals surface area contributed by atoms with Gasteiger partial charge in [-0.3, -0.25) is 4.68 Å². The first-order valence-electron chi connectivity index (χ1n) is 10.4. The Morgan fingerprint density at radius 2 is 1.94 bits per heavy atom. The predicted octanol–water partition coefficient (Wildman–Crippen LogP) is 2.01. The molecule has 0 bridgehead atoms. The van der Waals surface area contributed by atoms with Crippen LogP contribution in [0.2, 0.25) is 0 Å². The molecule has 33 heavy (non-hydrogen) atoms. The maximum Gasteiger partial charge on any atom is 0.231 e. The minimum atomic E-state index is -3.32. The second-order valence-corrected chi connectivity index (χ2v) is 10.1. The van der Waals surface area contributed by atoms with Gasteiger partial charge in [-0.25, -0.2) is 8.42 Å². The van der Waals surface area contributed by atoms with Crippen LogP contribution in [0.3, 0.4) is 0 Å². The van der Waals surface area contributed by atoms with Crippen molar-refractivity contribution in [2.24, 2.45) is 0 Å². The number of nitrogens with zero attached hydrogens (tertiary/aromatic N) is 8. The van der Waals surface area contributed by atoms with Crippen molar-refractivity contribution >= 4 is 27.3 Å². The molecule has 1 fully saturated rings. The predicted molar refractivity (Wildman–Crippen MR) is 121 cm³/mol. The van der Waals surface area contributed by atoms with Gasteiger partial charge < -0.3 is 5.32 Å². The molecule has 0 unspecified atom stereocenters. The summed E-state index contributed by atoms with van der Waals surface area (Å²) in [6.07, 6.45) is 5.21. The highest BCUT2D eigenvalue weighted by Crippen LogP contribution is 2.35. The molecule has 0 aliphatic carbocycles. The van der Waals surface area contributed by atoms with Gasteiger partial charge in [0.1, 0.15) is 5.54 Å². The van der Waals surface area contributed by atoms with Crippen molar-refractivity contribution in [2.45, 2.75) is 18.9 Å². The number of rotatable bonds is 7. The lowest BCUT2D eigenvalue weighted by atomic mass is 9.89. The standard InChI is InChI=1S/C21H21N9O2S/c1-2-33(31,32)28-14-21(15-28,9-10-22)29-13-16(12-24-29)19-27-20(25-17-6-4-3-5-7-17)26-18-8-11-23-30(18)19/h3-8,11-13H,2,9,14-15H2,1H3,(H,25,26). The third kappa shape index (κ3) is 3.71. The van der Waals surface area contributed by atoms with Crippen LogP contribution >= 0.6 is 0 Å². The smallest absolute Gasteiger partial charge is 0.231 e. The number of nitriles is 1. The number of fused-ring (bicyclic) bond motifs is 1. The molecular formula is C21H21N9O2S. The molecule has 5 rings (SSSR count). The fourth-order valence-electron chi connectivity index (χ4n) is 3.89. The second kappa shape index (κ2) is 7.95. The number of anilines is 2. The number of nitrogens with one attached hydrogen (secondary N) is 1. The van der Waals surface area contributed by atoms with E-state index in [2.05, 4.69) is 31.6 Å². The number of para-hydroxylation sites is 1. The highest BCUT2D eigenvalue weighted by molar-refractivity contribution is 7.89. The van der Waals surface area contributed by atoms with Crippen LogP contribution in [-0.4, -0.2) is 60.9 Å². The lowest BCUT2D eigenvalue weighted by Crippen LogP contribution is -2.64. The summed E-state index contributed by atoms with van der Waals surface area (Å²) in [5.41, 5.74) is 1.43. The SMILES string of the molecule is CCS(=O)(=O)N1CC(CC#N)(n2cc(-c3nc(Nc4ccccc4)nc4ccnn34)cn2)C1. The first-order valence-corrected chi connectivity index (χ1v) is 12.0. The van der Waals surface area contributed by atoms with Gasteiger partial charge in [-0.2, -0.15) is 34.2 Å². The van der Waals surface area contributed by atoms with E-state index in [9.17, 15) is 13.7 Å². The Labute approximate surface area is 190 Å². The van der Waals surface area contributed by atoms with Gasteiger partial charge >= 0.3 is 0 Å². The third-order valence-electron chi connectivity index (χ3n) is 5.72. The van der Waals surface area contributed by atoms with E-state index in [1.165, 1.54) is 4.31 Å². The molecule has 168 valence electrons. The number of hydrogen-bond acceptors (Lipinski definition) is 8. The summed E-state index contributed by atoms with van der Waals surface area (Å²) in [5.74, 6) is 0.960. The second-order valence-electron chi connectivity index (χ2n) is 7.86. The summed E-state index contributed by atoms with van der Waals surface area (Å²) >= 11 is 0. The van der Waals surface area contributed by atoms with Gasteiger partial charge in [0.25, 0.3) is 0 Å². The van der Waals surface area contributed by atoms with Gasteiger partial charge in [0.05, 0.1) is 36.2 Å².